The minimum Gasteiger partial charge on any atom is -0.493 e. The molecular weight excluding hydrogens is 405 g/mol. The van der Waals surface area contributed by atoms with E-state index < -0.39 is 17.5 Å². The molecule has 2 heterocycles. The Bertz CT molecular complexity index is 964. The molecule has 0 spiro atoms. The van der Waals surface area contributed by atoms with E-state index in [1.807, 2.05) is 0 Å². The van der Waals surface area contributed by atoms with Crippen LogP contribution < -0.4 is 14.5 Å². The second-order valence-electron chi connectivity index (χ2n) is 8.47. The average Bonchev–Trinajstić information content (AvgIpc) is 2.73. The van der Waals surface area contributed by atoms with Crippen molar-refractivity contribution in [1.29, 1.82) is 0 Å². The fourth-order valence-electron chi connectivity index (χ4n) is 4.62. The van der Waals surface area contributed by atoms with Gasteiger partial charge in [0.25, 0.3) is 0 Å². The highest BCUT2D eigenvalue weighted by Crippen LogP contribution is 2.37. The molecule has 0 radical (unpaired) electrons. The molecule has 4 rings (SSSR count). The molecule has 1 fully saturated rings. The van der Waals surface area contributed by atoms with Gasteiger partial charge in [-0.3, -0.25) is 4.79 Å². The zero-order valence-corrected chi connectivity index (χ0v) is 17.9. The lowest BCUT2D eigenvalue weighted by Gasteiger charge is -2.34. The van der Waals surface area contributed by atoms with Gasteiger partial charge in [-0.05, 0) is 68.4 Å². The van der Waals surface area contributed by atoms with E-state index in [2.05, 4.69) is 0 Å². The van der Waals surface area contributed by atoms with E-state index in [0.717, 1.165) is 24.8 Å². The van der Waals surface area contributed by atoms with E-state index in [-0.39, 0.29) is 17.5 Å². The van der Waals surface area contributed by atoms with Crippen LogP contribution in [0.4, 0.5) is 24.5 Å². The second-order valence-corrected chi connectivity index (χ2v) is 8.47. The van der Waals surface area contributed by atoms with Gasteiger partial charge in [-0.15, -0.1) is 0 Å². The number of carbonyl (C=O) groups is 1. The number of benzene rings is 2. The summed E-state index contributed by atoms with van der Waals surface area (Å²) in [6.07, 6.45) is 2.92. The van der Waals surface area contributed by atoms with Crippen molar-refractivity contribution in [3.8, 4) is 5.75 Å². The lowest BCUT2D eigenvalue weighted by Crippen LogP contribution is -2.37. The second kappa shape index (κ2) is 8.81. The minimum absolute atomic E-state index is 0.0434. The molecule has 0 N–H and O–H groups in total. The number of aryl methyl sites for hydroxylation is 1. The fraction of sp³-hybridized carbons (Fsp3) is 0.458. The maximum Gasteiger partial charge on any atom is 0.223 e. The number of rotatable bonds is 4. The molecule has 4 nitrogen and oxygen atoms in total. The predicted octanol–water partition coefficient (Wildman–Crippen LogP) is 5.01. The highest BCUT2D eigenvalue weighted by molar-refractivity contribution is 5.93. The number of hydrogen-bond acceptors (Lipinski definition) is 3. The van der Waals surface area contributed by atoms with Crippen LogP contribution in [0.3, 0.4) is 0 Å². The van der Waals surface area contributed by atoms with E-state index in [1.165, 1.54) is 30.0 Å². The summed E-state index contributed by atoms with van der Waals surface area (Å²) >= 11 is 0. The van der Waals surface area contributed by atoms with Gasteiger partial charge in [-0.2, -0.15) is 0 Å². The Kier molecular flexibility index (Phi) is 6.12. The van der Waals surface area contributed by atoms with Crippen LogP contribution in [-0.4, -0.2) is 32.1 Å². The number of nitrogens with zero attached hydrogens (tertiary/aromatic N) is 2. The van der Waals surface area contributed by atoms with Gasteiger partial charge < -0.3 is 14.5 Å². The van der Waals surface area contributed by atoms with Crippen LogP contribution >= 0.6 is 0 Å². The molecular formula is C24H27F3N2O2. The monoisotopic (exact) mass is 432 g/mol. The quantitative estimate of drug-likeness (QED) is 0.681. The number of halogens is 3. The van der Waals surface area contributed by atoms with E-state index >= 15 is 0 Å². The third-order valence-corrected chi connectivity index (χ3v) is 6.22. The molecule has 1 saturated heterocycles. The first-order valence-corrected chi connectivity index (χ1v) is 10.8. The van der Waals surface area contributed by atoms with Gasteiger partial charge in [0.15, 0.2) is 0 Å². The summed E-state index contributed by atoms with van der Waals surface area (Å²) in [6, 6.07) is 5.69. The fourth-order valence-corrected chi connectivity index (χ4v) is 4.62. The normalized spacial score (nSPS) is 16.9. The molecule has 2 aliphatic heterocycles. The highest BCUT2D eigenvalue weighted by atomic mass is 19.1. The Labute approximate surface area is 180 Å². The maximum atomic E-state index is 14.4. The SMILES string of the molecule is CC(=O)N1CCCc2c(OCC3CCN(c4c(F)cc(C)cc4F)CC3)ccc(F)c21. The molecule has 2 aliphatic rings. The number of anilines is 2. The van der Waals surface area contributed by atoms with E-state index in [1.54, 1.807) is 17.9 Å². The Hall–Kier alpha value is -2.70. The molecule has 166 valence electrons. The summed E-state index contributed by atoms with van der Waals surface area (Å²) in [7, 11) is 0. The molecule has 0 atom stereocenters. The van der Waals surface area contributed by atoms with E-state index in [0.29, 0.717) is 49.7 Å². The van der Waals surface area contributed by atoms with Crippen molar-refractivity contribution < 1.29 is 22.7 Å². The molecule has 7 heteroatoms. The van der Waals surface area contributed by atoms with Crippen LogP contribution in [0.1, 0.15) is 37.3 Å². The van der Waals surface area contributed by atoms with Gasteiger partial charge in [0, 0.05) is 32.1 Å². The van der Waals surface area contributed by atoms with Crippen molar-refractivity contribution in [1.82, 2.24) is 0 Å². The lowest BCUT2D eigenvalue weighted by molar-refractivity contribution is -0.116. The number of amides is 1. The molecule has 0 saturated carbocycles. The minimum atomic E-state index is -0.528. The standard InChI is InChI=1S/C24H27F3N2O2/c1-15-12-20(26)24(21(27)13-15)28-10-7-17(8-11-28)14-31-22-6-5-19(25)23-18(22)4-3-9-29(23)16(2)30/h5-6,12-13,17H,3-4,7-11,14H2,1-2H3. The van der Waals surface area contributed by atoms with Crippen LogP contribution in [0, 0.1) is 30.3 Å². The summed E-state index contributed by atoms with van der Waals surface area (Å²) in [5.41, 5.74) is 1.67. The first-order valence-electron chi connectivity index (χ1n) is 10.8. The summed E-state index contributed by atoms with van der Waals surface area (Å²) in [5, 5.41) is 0. The lowest BCUT2D eigenvalue weighted by atomic mass is 9.96. The Morgan fingerprint density at radius 2 is 1.71 bits per heavy atom. The third kappa shape index (κ3) is 4.36. The smallest absolute Gasteiger partial charge is 0.223 e. The third-order valence-electron chi connectivity index (χ3n) is 6.22. The Morgan fingerprint density at radius 3 is 2.35 bits per heavy atom. The van der Waals surface area contributed by atoms with Crippen molar-refractivity contribution >= 4 is 17.3 Å². The van der Waals surface area contributed by atoms with Crippen LogP contribution in [-0.2, 0) is 11.2 Å². The van der Waals surface area contributed by atoms with Crippen LogP contribution in [0.15, 0.2) is 24.3 Å². The van der Waals surface area contributed by atoms with Crippen molar-refractivity contribution in [3.63, 3.8) is 0 Å². The topological polar surface area (TPSA) is 32.8 Å². The molecule has 1 amide bonds. The molecule has 0 aromatic heterocycles. The Balaban J connectivity index is 1.41. The summed E-state index contributed by atoms with van der Waals surface area (Å²) in [5.74, 6) is -0.797. The van der Waals surface area contributed by atoms with Crippen molar-refractivity contribution in [2.45, 2.75) is 39.5 Å². The first kappa shape index (κ1) is 21.5. The molecule has 0 unspecified atom stereocenters. The number of carbonyl (C=O) groups excluding carboxylic acids is 1. The maximum absolute atomic E-state index is 14.4. The van der Waals surface area contributed by atoms with Crippen molar-refractivity contribution in [3.05, 3.63) is 52.8 Å². The van der Waals surface area contributed by atoms with Gasteiger partial charge in [-0.1, -0.05) is 0 Å². The zero-order valence-electron chi connectivity index (χ0n) is 17.9. The molecule has 31 heavy (non-hydrogen) atoms. The predicted molar refractivity (Wildman–Crippen MR) is 114 cm³/mol. The number of fused-ring (bicyclic) bond motifs is 1. The highest BCUT2D eigenvalue weighted by Gasteiger charge is 2.28. The van der Waals surface area contributed by atoms with Gasteiger partial charge in [0.1, 0.15) is 28.9 Å². The Morgan fingerprint density at radius 1 is 1.03 bits per heavy atom. The van der Waals surface area contributed by atoms with Crippen LogP contribution in [0.5, 0.6) is 5.75 Å². The molecule has 0 aliphatic carbocycles. The van der Waals surface area contributed by atoms with E-state index in [4.69, 9.17) is 4.74 Å². The van der Waals surface area contributed by atoms with Gasteiger partial charge >= 0.3 is 0 Å². The first-order chi connectivity index (χ1) is 14.8. The van der Waals surface area contributed by atoms with Crippen molar-refractivity contribution in [2.75, 3.05) is 36.0 Å². The van der Waals surface area contributed by atoms with E-state index in [9.17, 15) is 18.0 Å². The molecule has 2 aromatic rings. The van der Waals surface area contributed by atoms with Crippen molar-refractivity contribution in [2.24, 2.45) is 5.92 Å². The zero-order chi connectivity index (χ0) is 22.1. The van der Waals surface area contributed by atoms with Gasteiger partial charge in [0.2, 0.25) is 5.91 Å². The van der Waals surface area contributed by atoms with Gasteiger partial charge in [-0.25, -0.2) is 13.2 Å². The number of ether oxygens (including phenoxy) is 1. The van der Waals surface area contributed by atoms with Crippen LogP contribution in [0.25, 0.3) is 0 Å². The summed E-state index contributed by atoms with van der Waals surface area (Å²) in [6.45, 7) is 5.16. The van der Waals surface area contributed by atoms with Crippen LogP contribution in [0.2, 0.25) is 0 Å². The molecule has 2 aromatic carbocycles. The van der Waals surface area contributed by atoms with Gasteiger partial charge in [0.05, 0.1) is 12.3 Å². The number of piperidine rings is 1. The largest absolute Gasteiger partial charge is 0.493 e. The summed E-state index contributed by atoms with van der Waals surface area (Å²) in [4.78, 5) is 15.1. The number of hydrogen-bond donors (Lipinski definition) is 0. The average molecular weight is 432 g/mol. The summed E-state index contributed by atoms with van der Waals surface area (Å²) < 4.78 is 49.1. The molecule has 0 bridgehead atoms.